The van der Waals surface area contributed by atoms with E-state index in [1.807, 2.05) is 0 Å². The van der Waals surface area contributed by atoms with Gasteiger partial charge in [0, 0.05) is 25.0 Å². The molecular formula is C17H33NO2S. The Balaban J connectivity index is 2.03. The predicted octanol–water partition coefficient (Wildman–Crippen LogP) is 3.47. The summed E-state index contributed by atoms with van der Waals surface area (Å²) >= 11 is 2.06. The van der Waals surface area contributed by atoms with Crippen molar-refractivity contribution in [3.05, 3.63) is 0 Å². The van der Waals surface area contributed by atoms with Crippen LogP contribution in [0.4, 0.5) is 0 Å². The van der Waals surface area contributed by atoms with Gasteiger partial charge < -0.3 is 14.8 Å². The van der Waals surface area contributed by atoms with Crippen LogP contribution in [0.3, 0.4) is 0 Å². The molecule has 124 valence electrons. The first-order valence-electron chi connectivity index (χ1n) is 8.81. The second-order valence-corrected chi connectivity index (χ2v) is 7.57. The molecule has 0 aromatic rings. The minimum absolute atomic E-state index is 0.171. The molecule has 21 heavy (non-hydrogen) atoms. The van der Waals surface area contributed by atoms with Crippen molar-refractivity contribution < 1.29 is 9.47 Å². The lowest BCUT2D eigenvalue weighted by Gasteiger charge is -2.43. The number of rotatable bonds is 8. The minimum Gasteiger partial charge on any atom is -0.377 e. The third-order valence-corrected chi connectivity index (χ3v) is 6.14. The first kappa shape index (κ1) is 17.6. The molecule has 4 unspecified atom stereocenters. The molecule has 0 aliphatic carbocycles. The Labute approximate surface area is 134 Å². The number of ether oxygens (including phenoxy) is 2. The van der Waals surface area contributed by atoms with Gasteiger partial charge >= 0.3 is 0 Å². The van der Waals surface area contributed by atoms with E-state index in [0.29, 0.717) is 18.1 Å². The molecule has 4 atom stereocenters. The zero-order chi connectivity index (χ0) is 15.1. The molecule has 3 nitrogen and oxygen atoms in total. The minimum atomic E-state index is 0.171. The third kappa shape index (κ3) is 4.60. The van der Waals surface area contributed by atoms with Gasteiger partial charge in [-0.3, -0.25) is 0 Å². The maximum atomic E-state index is 6.20. The lowest BCUT2D eigenvalue weighted by Crippen LogP contribution is -2.52. The van der Waals surface area contributed by atoms with Crippen LogP contribution in [0, 0.1) is 5.92 Å². The van der Waals surface area contributed by atoms with Crippen LogP contribution in [0.15, 0.2) is 0 Å². The molecule has 2 heterocycles. The Bertz CT molecular complexity index is 295. The van der Waals surface area contributed by atoms with E-state index in [2.05, 4.69) is 37.8 Å². The van der Waals surface area contributed by atoms with E-state index in [-0.39, 0.29) is 5.60 Å². The summed E-state index contributed by atoms with van der Waals surface area (Å²) < 4.78 is 12.2. The second-order valence-electron chi connectivity index (χ2n) is 6.47. The molecule has 0 saturated carbocycles. The molecule has 2 aliphatic rings. The van der Waals surface area contributed by atoms with Crippen LogP contribution in [0.1, 0.15) is 52.9 Å². The first-order valence-corrected chi connectivity index (χ1v) is 9.96. The zero-order valence-electron chi connectivity index (χ0n) is 14.0. The quantitative estimate of drug-likeness (QED) is 0.743. The Kier molecular flexibility index (Phi) is 7.33. The fourth-order valence-corrected chi connectivity index (χ4v) is 5.22. The van der Waals surface area contributed by atoms with Crippen molar-refractivity contribution in [1.82, 2.24) is 5.32 Å². The van der Waals surface area contributed by atoms with E-state index in [1.54, 1.807) is 0 Å². The lowest BCUT2D eigenvalue weighted by molar-refractivity contribution is -0.0975. The van der Waals surface area contributed by atoms with E-state index >= 15 is 0 Å². The van der Waals surface area contributed by atoms with Gasteiger partial charge in [0.15, 0.2) is 0 Å². The molecule has 0 aromatic carbocycles. The summed E-state index contributed by atoms with van der Waals surface area (Å²) in [7, 11) is 0. The molecule has 2 aliphatic heterocycles. The fraction of sp³-hybridized carbons (Fsp3) is 1.00. The Morgan fingerprint density at radius 2 is 2.24 bits per heavy atom. The number of hydrogen-bond donors (Lipinski definition) is 1. The number of hydrogen-bond acceptors (Lipinski definition) is 4. The average Bonchev–Trinajstić information content (AvgIpc) is 2.94. The normalized spacial score (nSPS) is 32.4. The van der Waals surface area contributed by atoms with Crippen LogP contribution >= 0.6 is 11.8 Å². The number of nitrogens with one attached hydrogen (secondary N) is 1. The lowest BCUT2D eigenvalue weighted by atomic mass is 9.79. The summed E-state index contributed by atoms with van der Waals surface area (Å²) in [5.41, 5.74) is 0.171. The summed E-state index contributed by atoms with van der Waals surface area (Å²) in [6, 6.07) is 0.487. The van der Waals surface area contributed by atoms with Gasteiger partial charge in [0.25, 0.3) is 0 Å². The molecule has 0 aromatic heterocycles. The van der Waals surface area contributed by atoms with E-state index in [9.17, 15) is 0 Å². The highest BCUT2D eigenvalue weighted by atomic mass is 32.2. The van der Waals surface area contributed by atoms with Gasteiger partial charge in [-0.1, -0.05) is 13.8 Å². The van der Waals surface area contributed by atoms with Crippen molar-refractivity contribution in [2.45, 2.75) is 70.6 Å². The van der Waals surface area contributed by atoms with E-state index in [4.69, 9.17) is 9.47 Å². The Morgan fingerprint density at radius 1 is 1.38 bits per heavy atom. The zero-order valence-corrected chi connectivity index (χ0v) is 14.8. The molecule has 0 amide bonds. The molecule has 4 heteroatoms. The molecule has 2 rings (SSSR count). The molecule has 2 saturated heterocycles. The monoisotopic (exact) mass is 315 g/mol. The highest BCUT2D eigenvalue weighted by Crippen LogP contribution is 2.42. The molecular weight excluding hydrogens is 282 g/mol. The predicted molar refractivity (Wildman–Crippen MR) is 91.1 cm³/mol. The van der Waals surface area contributed by atoms with Gasteiger partial charge in [-0.15, -0.1) is 0 Å². The summed E-state index contributed by atoms with van der Waals surface area (Å²) in [5.74, 6) is 3.15. The fourth-order valence-electron chi connectivity index (χ4n) is 3.84. The van der Waals surface area contributed by atoms with Crippen molar-refractivity contribution in [3.63, 3.8) is 0 Å². The van der Waals surface area contributed by atoms with Gasteiger partial charge in [0.2, 0.25) is 0 Å². The molecule has 0 bridgehead atoms. The summed E-state index contributed by atoms with van der Waals surface area (Å²) in [4.78, 5) is 0. The van der Waals surface area contributed by atoms with Crippen molar-refractivity contribution in [1.29, 1.82) is 0 Å². The van der Waals surface area contributed by atoms with Gasteiger partial charge in [-0.05, 0) is 57.2 Å². The van der Waals surface area contributed by atoms with Crippen LogP contribution in [-0.2, 0) is 9.47 Å². The molecule has 1 spiro atoms. The second kappa shape index (κ2) is 8.76. The SMILES string of the molecule is CCCNC(C1CCOC2(CCSC2)C1)C(CC)OCC. The van der Waals surface area contributed by atoms with E-state index < -0.39 is 0 Å². The maximum Gasteiger partial charge on any atom is 0.0783 e. The van der Waals surface area contributed by atoms with Crippen LogP contribution in [0.2, 0.25) is 0 Å². The highest BCUT2D eigenvalue weighted by Gasteiger charge is 2.43. The van der Waals surface area contributed by atoms with Crippen LogP contribution in [0.5, 0.6) is 0 Å². The molecule has 2 fully saturated rings. The topological polar surface area (TPSA) is 30.5 Å². The average molecular weight is 316 g/mol. The summed E-state index contributed by atoms with van der Waals surface area (Å²) in [6.45, 7) is 9.43. The molecule has 0 radical (unpaired) electrons. The Morgan fingerprint density at radius 3 is 2.86 bits per heavy atom. The van der Waals surface area contributed by atoms with Crippen LogP contribution < -0.4 is 5.32 Å². The van der Waals surface area contributed by atoms with Gasteiger partial charge in [0.05, 0.1) is 11.7 Å². The number of thioether (sulfide) groups is 1. The van der Waals surface area contributed by atoms with Crippen molar-refractivity contribution in [2.75, 3.05) is 31.3 Å². The summed E-state index contributed by atoms with van der Waals surface area (Å²) in [6.07, 6.45) is 6.25. The van der Waals surface area contributed by atoms with E-state index in [0.717, 1.165) is 26.2 Å². The van der Waals surface area contributed by atoms with E-state index in [1.165, 1.54) is 37.2 Å². The van der Waals surface area contributed by atoms with Crippen molar-refractivity contribution in [3.8, 4) is 0 Å². The van der Waals surface area contributed by atoms with Gasteiger partial charge in [-0.25, -0.2) is 0 Å². The highest BCUT2D eigenvalue weighted by molar-refractivity contribution is 7.99. The van der Waals surface area contributed by atoms with Gasteiger partial charge in [0.1, 0.15) is 0 Å². The Hall–Kier alpha value is 0.230. The summed E-state index contributed by atoms with van der Waals surface area (Å²) in [5, 5.41) is 3.79. The largest absolute Gasteiger partial charge is 0.377 e. The maximum absolute atomic E-state index is 6.20. The van der Waals surface area contributed by atoms with Crippen molar-refractivity contribution >= 4 is 11.8 Å². The smallest absolute Gasteiger partial charge is 0.0783 e. The standard InChI is InChI=1S/C17H33NO2S/c1-4-9-18-16(15(5-2)19-6-3)14-7-10-20-17(12-14)8-11-21-13-17/h14-16,18H,4-13H2,1-3H3. The van der Waals surface area contributed by atoms with Crippen molar-refractivity contribution in [2.24, 2.45) is 5.92 Å². The molecule has 1 N–H and O–H groups in total. The first-order chi connectivity index (χ1) is 10.2. The van der Waals surface area contributed by atoms with Gasteiger partial charge in [-0.2, -0.15) is 11.8 Å². The third-order valence-electron chi connectivity index (χ3n) is 4.92. The van der Waals surface area contributed by atoms with Crippen LogP contribution in [-0.4, -0.2) is 49.0 Å². The van der Waals surface area contributed by atoms with Crippen LogP contribution in [0.25, 0.3) is 0 Å².